The summed E-state index contributed by atoms with van der Waals surface area (Å²) in [5.74, 6) is 0.548. The number of alkyl halides is 1. The van der Waals surface area contributed by atoms with Gasteiger partial charge in [-0.3, -0.25) is 9.59 Å². The minimum absolute atomic E-state index is 0.106. The van der Waals surface area contributed by atoms with Crippen LogP contribution in [-0.4, -0.2) is 46.5 Å². The van der Waals surface area contributed by atoms with Crippen LogP contribution in [0.25, 0.3) is 11.0 Å². The first-order valence-corrected chi connectivity index (χ1v) is 12.4. The number of nitrogens with two attached hydrogens (primary N) is 1. The van der Waals surface area contributed by atoms with Crippen LogP contribution in [0.3, 0.4) is 0 Å². The third kappa shape index (κ3) is 5.41. The zero-order chi connectivity index (χ0) is 24.0. The molecule has 33 heavy (non-hydrogen) atoms. The molecular formula is C22H30IN8O2+. The first kappa shape index (κ1) is 24.8. The number of likely N-dealkylation sites (N-methyl/N-ethyl adjacent to an activating group) is 1. The predicted octanol–water partition coefficient (Wildman–Crippen LogP) is 1.16. The number of fused-ring (bicyclic) bond motifs is 1. The maximum Gasteiger partial charge on any atom is 0.277 e. The van der Waals surface area contributed by atoms with E-state index in [4.69, 9.17) is 5.73 Å². The fourth-order valence-electron chi connectivity index (χ4n) is 3.74. The van der Waals surface area contributed by atoms with Gasteiger partial charge in [-0.15, -0.1) is 0 Å². The molecule has 2 heterocycles. The molecule has 0 fully saturated rings. The molecule has 5 N–H and O–H groups in total. The lowest BCUT2D eigenvalue weighted by Gasteiger charge is -2.07. The van der Waals surface area contributed by atoms with Crippen molar-refractivity contribution in [2.45, 2.75) is 37.9 Å². The molecule has 11 heteroatoms. The van der Waals surface area contributed by atoms with Crippen molar-refractivity contribution < 1.29 is 14.2 Å². The van der Waals surface area contributed by atoms with Crippen molar-refractivity contribution in [2.75, 3.05) is 25.9 Å². The molecule has 1 aromatic carbocycles. The highest BCUT2D eigenvalue weighted by molar-refractivity contribution is 14.1. The number of carbonyl (C=O) groups is 2. The van der Waals surface area contributed by atoms with Crippen LogP contribution in [0.1, 0.15) is 46.2 Å². The smallest absolute Gasteiger partial charge is 0.277 e. The molecule has 0 aliphatic carbocycles. The van der Waals surface area contributed by atoms with Crippen molar-refractivity contribution in [3.8, 4) is 0 Å². The number of benzene rings is 1. The van der Waals surface area contributed by atoms with Gasteiger partial charge < -0.3 is 21.7 Å². The lowest BCUT2D eigenvalue weighted by Crippen LogP contribution is -2.40. The number of nitrogens with zero attached hydrogens (tertiary/aromatic N) is 4. The number of imidazole rings is 1. The number of rotatable bonds is 10. The summed E-state index contributed by atoms with van der Waals surface area (Å²) >= 11 is 2.17. The normalized spacial score (nSPS) is 11.0. The molecule has 0 aliphatic rings. The molecular weight excluding hydrogens is 535 g/mol. The zero-order valence-electron chi connectivity index (χ0n) is 19.1. The SMILES string of the molecule is CCn1c(CNC(=O)c2nc(CI)cnc2N)[n+](CC)c2ccc(C(=O)NCCNC)cc21. The van der Waals surface area contributed by atoms with Crippen LogP contribution in [0, 0.1) is 0 Å². The number of aromatic nitrogens is 4. The summed E-state index contributed by atoms with van der Waals surface area (Å²) < 4.78 is 4.88. The number of hydrogen-bond donors (Lipinski definition) is 4. The number of nitrogens with one attached hydrogen (secondary N) is 3. The highest BCUT2D eigenvalue weighted by Crippen LogP contribution is 2.18. The second-order valence-electron chi connectivity index (χ2n) is 7.38. The quantitative estimate of drug-likeness (QED) is 0.126. The topological polar surface area (TPSA) is 131 Å². The van der Waals surface area contributed by atoms with Crippen LogP contribution in [-0.2, 0) is 24.1 Å². The molecule has 0 atom stereocenters. The molecule has 176 valence electrons. The number of aryl methyl sites for hydroxylation is 2. The summed E-state index contributed by atoms with van der Waals surface area (Å²) in [6, 6.07) is 5.69. The molecule has 0 spiro atoms. The first-order valence-electron chi connectivity index (χ1n) is 10.9. The summed E-state index contributed by atoms with van der Waals surface area (Å²) in [5, 5.41) is 8.86. The minimum Gasteiger partial charge on any atom is -0.382 e. The average molecular weight is 565 g/mol. The van der Waals surface area contributed by atoms with Gasteiger partial charge in [0, 0.05) is 29.1 Å². The Bertz CT molecular complexity index is 1160. The van der Waals surface area contributed by atoms with E-state index in [1.165, 1.54) is 0 Å². The summed E-state index contributed by atoms with van der Waals surface area (Å²) in [4.78, 5) is 33.8. The van der Waals surface area contributed by atoms with Crippen LogP contribution < -0.4 is 26.3 Å². The Kier molecular flexibility index (Phi) is 8.55. The number of nitrogen functional groups attached to an aromatic ring is 1. The molecule has 10 nitrogen and oxygen atoms in total. The van der Waals surface area contributed by atoms with Gasteiger partial charge in [0.15, 0.2) is 22.5 Å². The first-order chi connectivity index (χ1) is 15.9. The molecule has 3 aromatic rings. The highest BCUT2D eigenvalue weighted by atomic mass is 127. The molecule has 0 radical (unpaired) electrons. The number of carbonyl (C=O) groups excluding carboxylic acids is 2. The third-order valence-electron chi connectivity index (χ3n) is 5.35. The summed E-state index contributed by atoms with van der Waals surface area (Å²) in [5.41, 5.74) is 9.26. The molecule has 2 aromatic heterocycles. The van der Waals surface area contributed by atoms with Gasteiger partial charge in [0.2, 0.25) is 0 Å². The van der Waals surface area contributed by atoms with Crippen molar-refractivity contribution in [2.24, 2.45) is 0 Å². The molecule has 0 saturated heterocycles. The van der Waals surface area contributed by atoms with E-state index in [9.17, 15) is 9.59 Å². The molecule has 3 rings (SSSR count). The maximum atomic E-state index is 12.8. The van der Waals surface area contributed by atoms with E-state index in [1.54, 1.807) is 6.20 Å². The van der Waals surface area contributed by atoms with Crippen LogP contribution in [0.15, 0.2) is 24.4 Å². The number of anilines is 1. The fraction of sp³-hybridized carbons (Fsp3) is 0.409. The van der Waals surface area contributed by atoms with E-state index >= 15 is 0 Å². The minimum atomic E-state index is -0.369. The van der Waals surface area contributed by atoms with Crippen molar-refractivity contribution >= 4 is 51.3 Å². The third-order valence-corrected chi connectivity index (χ3v) is 6.13. The van der Waals surface area contributed by atoms with Crippen molar-refractivity contribution in [1.29, 1.82) is 0 Å². The van der Waals surface area contributed by atoms with Gasteiger partial charge in [0.25, 0.3) is 17.6 Å². The summed E-state index contributed by atoms with van der Waals surface area (Å²) in [6.07, 6.45) is 1.57. The molecule has 0 saturated carbocycles. The fourth-order valence-corrected chi connectivity index (χ4v) is 4.11. The summed E-state index contributed by atoms with van der Waals surface area (Å²) in [7, 11) is 1.84. The Hall–Kier alpha value is -2.80. The largest absolute Gasteiger partial charge is 0.382 e. The Morgan fingerprint density at radius 1 is 1.18 bits per heavy atom. The average Bonchev–Trinajstić information content (AvgIpc) is 3.14. The van der Waals surface area contributed by atoms with Gasteiger partial charge in [-0.1, -0.05) is 22.6 Å². The lowest BCUT2D eigenvalue weighted by atomic mass is 10.2. The van der Waals surface area contributed by atoms with Crippen LogP contribution in [0.5, 0.6) is 0 Å². The molecule has 2 amide bonds. The summed E-state index contributed by atoms with van der Waals surface area (Å²) in [6.45, 7) is 7.04. The van der Waals surface area contributed by atoms with Gasteiger partial charge in [-0.25, -0.2) is 19.1 Å². The van der Waals surface area contributed by atoms with E-state index in [2.05, 4.69) is 64.6 Å². The standard InChI is InChI=1S/C22H29IN8O2/c1-4-30-16-7-6-14(21(32)26-9-8-25-3)10-17(16)31(5-2)18(30)13-28-22(33)19-20(24)27-12-15(11-23)29-19/h6-7,10,12,25H,4-5,8-9,11,13H2,1-3H3,(H3-,24,26,27,28,32,33)/p+1. The zero-order valence-corrected chi connectivity index (χ0v) is 21.3. The number of amides is 2. The molecule has 0 aliphatic heterocycles. The van der Waals surface area contributed by atoms with Crippen molar-refractivity contribution in [1.82, 2.24) is 30.5 Å². The van der Waals surface area contributed by atoms with Gasteiger partial charge in [-0.2, -0.15) is 0 Å². The van der Waals surface area contributed by atoms with E-state index in [1.807, 2.05) is 32.2 Å². The van der Waals surface area contributed by atoms with Crippen molar-refractivity contribution in [3.63, 3.8) is 0 Å². The second kappa shape index (κ2) is 11.4. The van der Waals surface area contributed by atoms with E-state index in [0.29, 0.717) is 41.9 Å². The Morgan fingerprint density at radius 3 is 2.64 bits per heavy atom. The van der Waals surface area contributed by atoms with Crippen LogP contribution in [0.4, 0.5) is 5.82 Å². The predicted molar refractivity (Wildman–Crippen MR) is 135 cm³/mol. The molecule has 0 unspecified atom stereocenters. The van der Waals surface area contributed by atoms with Gasteiger partial charge in [0.1, 0.15) is 6.54 Å². The van der Waals surface area contributed by atoms with Gasteiger partial charge >= 0.3 is 0 Å². The molecule has 0 bridgehead atoms. The van der Waals surface area contributed by atoms with Crippen LogP contribution in [0.2, 0.25) is 0 Å². The Morgan fingerprint density at radius 2 is 1.97 bits per heavy atom. The number of hydrogen-bond acceptors (Lipinski definition) is 6. The van der Waals surface area contributed by atoms with Gasteiger partial charge in [-0.05, 0) is 33.0 Å². The second-order valence-corrected chi connectivity index (χ2v) is 8.14. The lowest BCUT2D eigenvalue weighted by molar-refractivity contribution is -0.676. The Labute approximate surface area is 206 Å². The van der Waals surface area contributed by atoms with Crippen molar-refractivity contribution in [3.05, 3.63) is 47.2 Å². The number of halogens is 1. The monoisotopic (exact) mass is 565 g/mol. The van der Waals surface area contributed by atoms with Gasteiger partial charge in [0.05, 0.1) is 25.0 Å². The van der Waals surface area contributed by atoms with E-state index in [0.717, 1.165) is 16.9 Å². The Balaban J connectivity index is 1.90. The maximum absolute atomic E-state index is 12.8. The van der Waals surface area contributed by atoms with E-state index in [-0.39, 0.29) is 29.9 Å². The van der Waals surface area contributed by atoms with Crippen LogP contribution >= 0.6 is 22.6 Å². The van der Waals surface area contributed by atoms with E-state index < -0.39 is 0 Å². The highest BCUT2D eigenvalue weighted by Gasteiger charge is 2.25.